The van der Waals surface area contributed by atoms with Crippen molar-refractivity contribution in [3.63, 3.8) is 0 Å². The third-order valence-electron chi connectivity index (χ3n) is 5.46. The predicted octanol–water partition coefficient (Wildman–Crippen LogP) is -0.359. The highest BCUT2D eigenvalue weighted by Crippen LogP contribution is 1.87. The summed E-state index contributed by atoms with van der Waals surface area (Å²) in [6.07, 6.45) is 0. The SMILES string of the molecule is CNCCOCCOCCOCCOCCOCCOCCOCCOCCOCCOCCOCCOCCOCCNC. The van der Waals surface area contributed by atoms with Crippen molar-refractivity contribution in [2.24, 2.45) is 0 Å². The Hall–Kier alpha value is -0.600. The van der Waals surface area contributed by atoms with Crippen LogP contribution >= 0.6 is 0 Å². The Kier molecular flexibility index (Phi) is 42.8. The van der Waals surface area contributed by atoms with E-state index in [9.17, 15) is 0 Å². The molecule has 0 atom stereocenters. The van der Waals surface area contributed by atoms with Crippen LogP contribution in [0.5, 0.6) is 0 Å². The van der Waals surface area contributed by atoms with Crippen LogP contribution in [0, 0.1) is 0 Å². The van der Waals surface area contributed by atoms with Crippen LogP contribution in [0.2, 0.25) is 0 Å². The maximum atomic E-state index is 5.48. The largest absolute Gasteiger partial charge is 0.378 e. The average Bonchev–Trinajstić information content (AvgIpc) is 3.05. The highest BCUT2D eigenvalue weighted by molar-refractivity contribution is 4.40. The van der Waals surface area contributed by atoms with Crippen LogP contribution < -0.4 is 10.6 Å². The van der Waals surface area contributed by atoms with Crippen LogP contribution in [0.3, 0.4) is 0 Å². The summed E-state index contributed by atoms with van der Waals surface area (Å²) in [5.41, 5.74) is 0. The van der Waals surface area contributed by atoms with Crippen molar-refractivity contribution in [1.29, 1.82) is 0 Å². The number of rotatable bonds is 42. The lowest BCUT2D eigenvalue weighted by atomic mass is 10.6. The summed E-state index contributed by atoms with van der Waals surface area (Å²) in [6.45, 7) is 15.9. The molecule has 2 N–H and O–H groups in total. The molecule has 0 aromatic rings. The lowest BCUT2D eigenvalue weighted by molar-refractivity contribution is -0.0289. The van der Waals surface area contributed by atoms with E-state index in [-0.39, 0.29) is 0 Å². The summed E-state index contributed by atoms with van der Waals surface area (Å²) >= 11 is 0. The van der Waals surface area contributed by atoms with E-state index in [1.165, 1.54) is 0 Å². The average molecular weight is 661 g/mol. The Morgan fingerprint density at radius 3 is 0.422 bits per heavy atom. The molecule has 0 rings (SSSR count). The lowest BCUT2D eigenvalue weighted by Gasteiger charge is -2.09. The first-order chi connectivity index (χ1) is 22.4. The van der Waals surface area contributed by atoms with Crippen molar-refractivity contribution in [1.82, 2.24) is 10.6 Å². The summed E-state index contributed by atoms with van der Waals surface area (Å²) in [4.78, 5) is 0. The number of hydrogen-bond donors (Lipinski definition) is 2. The zero-order valence-electron chi connectivity index (χ0n) is 28.1. The van der Waals surface area contributed by atoms with Crippen LogP contribution in [0.25, 0.3) is 0 Å². The van der Waals surface area contributed by atoms with E-state index in [0.29, 0.717) is 172 Å². The van der Waals surface area contributed by atoms with Gasteiger partial charge in [0.1, 0.15) is 0 Å². The minimum absolute atomic E-state index is 0.513. The van der Waals surface area contributed by atoms with Crippen molar-refractivity contribution in [2.45, 2.75) is 0 Å². The van der Waals surface area contributed by atoms with E-state index in [0.717, 1.165) is 13.1 Å². The second-order valence-electron chi connectivity index (χ2n) is 9.17. The van der Waals surface area contributed by atoms with Crippen LogP contribution in [0.1, 0.15) is 0 Å². The fraction of sp³-hybridized carbons (Fsp3) is 1.00. The molecular formula is C30H64N2O13. The van der Waals surface area contributed by atoms with Gasteiger partial charge in [0.25, 0.3) is 0 Å². The summed E-state index contributed by atoms with van der Waals surface area (Å²) in [6, 6.07) is 0. The van der Waals surface area contributed by atoms with Crippen molar-refractivity contribution in [3.8, 4) is 0 Å². The third-order valence-corrected chi connectivity index (χ3v) is 5.46. The summed E-state index contributed by atoms with van der Waals surface area (Å²) in [7, 11) is 3.79. The first kappa shape index (κ1) is 44.4. The Balaban J connectivity index is 3.03. The first-order valence-corrected chi connectivity index (χ1v) is 16.2. The van der Waals surface area contributed by atoms with Gasteiger partial charge in [-0.2, -0.15) is 0 Å². The van der Waals surface area contributed by atoms with Crippen molar-refractivity contribution in [3.05, 3.63) is 0 Å². The van der Waals surface area contributed by atoms with Gasteiger partial charge in [0.05, 0.1) is 172 Å². The Bertz CT molecular complexity index is 474. The van der Waals surface area contributed by atoms with Gasteiger partial charge >= 0.3 is 0 Å². The molecule has 0 radical (unpaired) electrons. The molecule has 0 fully saturated rings. The van der Waals surface area contributed by atoms with Crippen molar-refractivity contribution >= 4 is 0 Å². The molecule has 15 heteroatoms. The maximum absolute atomic E-state index is 5.48. The van der Waals surface area contributed by atoms with E-state index < -0.39 is 0 Å². The van der Waals surface area contributed by atoms with Gasteiger partial charge in [0, 0.05) is 13.1 Å². The van der Waals surface area contributed by atoms with Crippen LogP contribution in [-0.4, -0.2) is 199 Å². The topological polar surface area (TPSA) is 144 Å². The molecule has 0 saturated carbocycles. The summed E-state index contributed by atoms with van der Waals surface area (Å²) in [5, 5.41) is 6.04. The lowest BCUT2D eigenvalue weighted by Crippen LogP contribution is -2.17. The highest BCUT2D eigenvalue weighted by Gasteiger charge is 1.97. The smallest absolute Gasteiger partial charge is 0.0701 e. The summed E-state index contributed by atoms with van der Waals surface area (Å²) in [5.74, 6) is 0. The second kappa shape index (κ2) is 43.4. The van der Waals surface area contributed by atoms with Crippen LogP contribution in [0.4, 0.5) is 0 Å². The normalized spacial score (nSPS) is 11.6. The van der Waals surface area contributed by atoms with E-state index >= 15 is 0 Å². The fourth-order valence-corrected chi connectivity index (χ4v) is 3.09. The predicted molar refractivity (Wildman–Crippen MR) is 169 cm³/mol. The van der Waals surface area contributed by atoms with Gasteiger partial charge in [-0.15, -0.1) is 0 Å². The van der Waals surface area contributed by atoms with Crippen molar-refractivity contribution < 1.29 is 61.6 Å². The van der Waals surface area contributed by atoms with E-state index in [1.807, 2.05) is 14.1 Å². The number of ether oxygens (including phenoxy) is 13. The van der Waals surface area contributed by atoms with Crippen LogP contribution in [-0.2, 0) is 61.6 Å². The molecule has 0 saturated heterocycles. The van der Waals surface area contributed by atoms with Gasteiger partial charge in [-0.05, 0) is 14.1 Å². The number of likely N-dealkylation sites (N-methyl/N-ethyl adjacent to an activating group) is 2. The molecule has 0 aliphatic heterocycles. The highest BCUT2D eigenvalue weighted by atomic mass is 16.6. The molecule has 0 spiro atoms. The van der Waals surface area contributed by atoms with Gasteiger partial charge in [0.15, 0.2) is 0 Å². The Morgan fingerprint density at radius 2 is 0.311 bits per heavy atom. The van der Waals surface area contributed by atoms with Gasteiger partial charge in [-0.25, -0.2) is 0 Å². The van der Waals surface area contributed by atoms with Gasteiger partial charge in [0.2, 0.25) is 0 Å². The Labute approximate surface area is 271 Å². The molecule has 0 aliphatic rings. The van der Waals surface area contributed by atoms with Crippen molar-refractivity contribution in [2.75, 3.05) is 199 Å². The van der Waals surface area contributed by atoms with Crippen LogP contribution in [0.15, 0.2) is 0 Å². The molecule has 0 amide bonds. The monoisotopic (exact) mass is 660 g/mol. The zero-order valence-corrected chi connectivity index (χ0v) is 28.1. The van der Waals surface area contributed by atoms with Gasteiger partial charge in [-0.1, -0.05) is 0 Å². The standard InChI is InChI=1S/C30H64N2O13/c1-31-3-5-33-7-9-35-11-13-37-15-17-39-19-21-41-23-25-43-27-29-45-30-28-44-26-24-42-22-20-40-18-16-38-14-12-36-10-8-34-6-4-32-2/h31-32H,3-30H2,1-2H3. The fourth-order valence-electron chi connectivity index (χ4n) is 3.09. The number of nitrogens with one attached hydrogen (secondary N) is 2. The molecular weight excluding hydrogens is 596 g/mol. The molecule has 0 unspecified atom stereocenters. The zero-order chi connectivity index (χ0) is 32.4. The maximum Gasteiger partial charge on any atom is 0.0701 e. The third kappa shape index (κ3) is 43.4. The van der Waals surface area contributed by atoms with E-state index in [4.69, 9.17) is 61.6 Å². The molecule has 45 heavy (non-hydrogen) atoms. The van der Waals surface area contributed by atoms with E-state index in [2.05, 4.69) is 10.6 Å². The minimum atomic E-state index is 0.513. The Morgan fingerprint density at radius 1 is 0.200 bits per heavy atom. The molecule has 0 aromatic carbocycles. The second-order valence-corrected chi connectivity index (χ2v) is 9.17. The molecule has 0 heterocycles. The van der Waals surface area contributed by atoms with E-state index in [1.54, 1.807) is 0 Å². The molecule has 0 aliphatic carbocycles. The van der Waals surface area contributed by atoms with Gasteiger partial charge in [-0.3, -0.25) is 0 Å². The molecule has 15 nitrogen and oxygen atoms in total. The minimum Gasteiger partial charge on any atom is -0.378 e. The quantitative estimate of drug-likeness (QED) is 0.0822. The molecule has 0 bridgehead atoms. The molecule has 0 aromatic heterocycles. The first-order valence-electron chi connectivity index (χ1n) is 16.2. The molecule has 272 valence electrons. The van der Waals surface area contributed by atoms with Gasteiger partial charge < -0.3 is 72.2 Å². The number of hydrogen-bond acceptors (Lipinski definition) is 15. The summed E-state index contributed by atoms with van der Waals surface area (Å²) < 4.78 is 70.8.